The molecule has 15 heavy (non-hydrogen) atoms. The second kappa shape index (κ2) is 4.96. The molecule has 80 valence electrons. The summed E-state index contributed by atoms with van der Waals surface area (Å²) in [7, 11) is 0. The molecule has 2 heteroatoms. The molecule has 1 aliphatic carbocycles. The zero-order valence-electron chi connectivity index (χ0n) is 9.02. The highest BCUT2D eigenvalue weighted by atomic mass is 14.9. The Morgan fingerprint density at radius 1 is 1.20 bits per heavy atom. The lowest BCUT2D eigenvalue weighted by molar-refractivity contribution is 0.715. The first-order chi connectivity index (χ1) is 7.36. The van der Waals surface area contributed by atoms with Crippen LogP contribution < -0.4 is 5.73 Å². The number of rotatable bonds is 3. The van der Waals surface area contributed by atoms with Crippen LogP contribution in [-0.4, -0.2) is 5.84 Å². The highest BCUT2D eigenvalue weighted by molar-refractivity contribution is 5.83. The monoisotopic (exact) mass is 202 g/mol. The molecule has 1 aromatic carbocycles. The Morgan fingerprint density at radius 2 is 1.87 bits per heavy atom. The van der Waals surface area contributed by atoms with E-state index in [0.29, 0.717) is 5.92 Å². The molecule has 0 bridgehead atoms. The van der Waals surface area contributed by atoms with Crippen LogP contribution in [0.15, 0.2) is 35.3 Å². The number of aliphatic imine (C=N–C) groups is 1. The van der Waals surface area contributed by atoms with Crippen LogP contribution in [0.1, 0.15) is 31.2 Å². The number of benzene rings is 1. The summed E-state index contributed by atoms with van der Waals surface area (Å²) in [5.74, 6) is 1.41. The zero-order chi connectivity index (χ0) is 10.5. The van der Waals surface area contributed by atoms with Crippen molar-refractivity contribution in [2.45, 2.75) is 32.2 Å². The van der Waals surface area contributed by atoms with Crippen molar-refractivity contribution in [1.82, 2.24) is 0 Å². The van der Waals surface area contributed by atoms with Crippen molar-refractivity contribution in [1.29, 1.82) is 0 Å². The van der Waals surface area contributed by atoms with E-state index in [-0.39, 0.29) is 0 Å². The number of hydrogen-bond donors (Lipinski definition) is 1. The molecule has 1 aromatic rings. The highest BCUT2D eigenvalue weighted by Gasteiger charge is 2.17. The van der Waals surface area contributed by atoms with E-state index in [2.05, 4.69) is 17.1 Å². The molecule has 0 amide bonds. The van der Waals surface area contributed by atoms with Gasteiger partial charge < -0.3 is 5.73 Å². The van der Waals surface area contributed by atoms with Crippen LogP contribution in [0.5, 0.6) is 0 Å². The third-order valence-corrected chi connectivity index (χ3v) is 3.06. The van der Waals surface area contributed by atoms with E-state index in [4.69, 9.17) is 5.73 Å². The number of amidine groups is 1. The Balaban J connectivity index is 1.93. The summed E-state index contributed by atoms with van der Waals surface area (Å²) in [4.78, 5) is 4.47. The second-order valence-electron chi connectivity index (χ2n) is 4.21. The first-order valence-electron chi connectivity index (χ1n) is 5.70. The van der Waals surface area contributed by atoms with E-state index < -0.39 is 0 Å². The maximum absolute atomic E-state index is 5.98. The van der Waals surface area contributed by atoms with Crippen molar-refractivity contribution < 1.29 is 0 Å². The molecule has 0 spiro atoms. The van der Waals surface area contributed by atoms with E-state index in [1.807, 2.05) is 18.2 Å². The molecule has 0 atom stereocenters. The van der Waals surface area contributed by atoms with Gasteiger partial charge in [-0.25, -0.2) is 0 Å². The fraction of sp³-hybridized carbons (Fsp3) is 0.462. The normalized spacial score (nSPS) is 18.3. The van der Waals surface area contributed by atoms with Gasteiger partial charge in [-0.05, 0) is 18.4 Å². The third kappa shape index (κ3) is 2.82. The predicted octanol–water partition coefficient (Wildman–Crippen LogP) is 2.73. The van der Waals surface area contributed by atoms with E-state index in [0.717, 1.165) is 12.4 Å². The maximum atomic E-state index is 5.98. The predicted molar refractivity (Wildman–Crippen MR) is 63.7 cm³/mol. The Bertz CT molecular complexity index is 324. The van der Waals surface area contributed by atoms with Crippen LogP contribution in [0.3, 0.4) is 0 Å². The number of hydrogen-bond acceptors (Lipinski definition) is 1. The maximum Gasteiger partial charge on any atom is 0.0972 e. The molecule has 0 unspecified atom stereocenters. The second-order valence-corrected chi connectivity index (χ2v) is 4.21. The van der Waals surface area contributed by atoms with Crippen LogP contribution >= 0.6 is 0 Å². The van der Waals surface area contributed by atoms with Crippen molar-refractivity contribution >= 4 is 5.84 Å². The summed E-state index contributed by atoms with van der Waals surface area (Å²) < 4.78 is 0. The average Bonchev–Trinajstić information content (AvgIpc) is 2.81. The molecule has 1 fully saturated rings. The molecular formula is C13H18N2. The Kier molecular flexibility index (Phi) is 3.38. The average molecular weight is 202 g/mol. The summed E-state index contributed by atoms with van der Waals surface area (Å²) in [5, 5.41) is 0. The van der Waals surface area contributed by atoms with Gasteiger partial charge in [-0.15, -0.1) is 0 Å². The molecule has 0 aromatic heterocycles. The molecule has 0 heterocycles. The zero-order valence-corrected chi connectivity index (χ0v) is 9.02. The fourth-order valence-corrected chi connectivity index (χ4v) is 2.12. The van der Waals surface area contributed by atoms with Gasteiger partial charge in [0.05, 0.1) is 12.4 Å². The SMILES string of the molecule is NC(=NCc1ccccc1)C1CCCC1. The summed E-state index contributed by atoms with van der Waals surface area (Å²) in [5.41, 5.74) is 7.21. The number of nitrogens with two attached hydrogens (primary N) is 1. The molecule has 1 saturated carbocycles. The van der Waals surface area contributed by atoms with Gasteiger partial charge >= 0.3 is 0 Å². The van der Waals surface area contributed by atoms with Gasteiger partial charge in [-0.3, -0.25) is 4.99 Å². The van der Waals surface area contributed by atoms with Crippen molar-refractivity contribution in [3.63, 3.8) is 0 Å². The lowest BCUT2D eigenvalue weighted by Crippen LogP contribution is -2.21. The van der Waals surface area contributed by atoms with Gasteiger partial charge in [0.15, 0.2) is 0 Å². The first-order valence-corrected chi connectivity index (χ1v) is 5.70. The largest absolute Gasteiger partial charge is 0.387 e. The first kappa shape index (κ1) is 10.2. The van der Waals surface area contributed by atoms with Gasteiger partial charge in [0, 0.05) is 5.92 Å². The minimum Gasteiger partial charge on any atom is -0.387 e. The van der Waals surface area contributed by atoms with Crippen LogP contribution in [-0.2, 0) is 6.54 Å². The molecule has 2 rings (SSSR count). The van der Waals surface area contributed by atoms with Crippen molar-refractivity contribution in [2.24, 2.45) is 16.6 Å². The van der Waals surface area contributed by atoms with Gasteiger partial charge in [-0.1, -0.05) is 43.2 Å². The standard InChI is InChI=1S/C13H18N2/c14-13(12-8-4-5-9-12)15-10-11-6-2-1-3-7-11/h1-3,6-7,12H,4-5,8-10H2,(H2,14,15). The molecule has 0 aliphatic heterocycles. The van der Waals surface area contributed by atoms with Crippen molar-refractivity contribution in [3.8, 4) is 0 Å². The van der Waals surface area contributed by atoms with E-state index in [1.54, 1.807) is 0 Å². The lowest BCUT2D eigenvalue weighted by Gasteiger charge is -2.07. The molecule has 1 aliphatic rings. The molecule has 0 radical (unpaired) electrons. The van der Waals surface area contributed by atoms with Crippen LogP contribution in [0, 0.1) is 5.92 Å². The molecule has 0 saturated heterocycles. The van der Waals surface area contributed by atoms with Crippen LogP contribution in [0.4, 0.5) is 0 Å². The van der Waals surface area contributed by atoms with Crippen molar-refractivity contribution in [3.05, 3.63) is 35.9 Å². The van der Waals surface area contributed by atoms with E-state index in [1.165, 1.54) is 31.2 Å². The lowest BCUT2D eigenvalue weighted by atomic mass is 10.1. The Morgan fingerprint density at radius 3 is 2.53 bits per heavy atom. The number of nitrogens with zero attached hydrogens (tertiary/aromatic N) is 1. The smallest absolute Gasteiger partial charge is 0.0972 e. The summed E-state index contributed by atoms with van der Waals surface area (Å²) >= 11 is 0. The summed E-state index contributed by atoms with van der Waals surface area (Å²) in [6.45, 7) is 0.725. The quantitative estimate of drug-likeness (QED) is 0.594. The summed E-state index contributed by atoms with van der Waals surface area (Å²) in [6, 6.07) is 10.3. The molecule has 2 nitrogen and oxygen atoms in total. The Hall–Kier alpha value is -1.31. The van der Waals surface area contributed by atoms with Crippen molar-refractivity contribution in [2.75, 3.05) is 0 Å². The Labute approximate surface area is 91.2 Å². The highest BCUT2D eigenvalue weighted by Crippen LogP contribution is 2.24. The fourth-order valence-electron chi connectivity index (χ4n) is 2.12. The molecule has 2 N–H and O–H groups in total. The van der Waals surface area contributed by atoms with Gasteiger partial charge in [-0.2, -0.15) is 0 Å². The summed E-state index contributed by atoms with van der Waals surface area (Å²) in [6.07, 6.45) is 5.08. The van der Waals surface area contributed by atoms with Gasteiger partial charge in [0.2, 0.25) is 0 Å². The van der Waals surface area contributed by atoms with Gasteiger partial charge in [0.1, 0.15) is 0 Å². The van der Waals surface area contributed by atoms with Gasteiger partial charge in [0.25, 0.3) is 0 Å². The van der Waals surface area contributed by atoms with E-state index in [9.17, 15) is 0 Å². The minimum atomic E-state index is 0.550. The van der Waals surface area contributed by atoms with Crippen LogP contribution in [0.2, 0.25) is 0 Å². The third-order valence-electron chi connectivity index (χ3n) is 3.06. The van der Waals surface area contributed by atoms with E-state index >= 15 is 0 Å². The molecular weight excluding hydrogens is 184 g/mol. The topological polar surface area (TPSA) is 38.4 Å². The minimum absolute atomic E-state index is 0.550. The van der Waals surface area contributed by atoms with Crippen LogP contribution in [0.25, 0.3) is 0 Å².